The summed E-state index contributed by atoms with van der Waals surface area (Å²) in [5, 5.41) is 5.13. The third kappa shape index (κ3) is 3.39. The van der Waals surface area contributed by atoms with E-state index in [0.29, 0.717) is 0 Å². The molecule has 1 unspecified atom stereocenters. The Morgan fingerprint density at radius 2 is 2.09 bits per heavy atom. The molecule has 0 fully saturated rings. The highest BCUT2D eigenvalue weighted by molar-refractivity contribution is 7.10. The van der Waals surface area contributed by atoms with E-state index >= 15 is 0 Å². The molecule has 1 aliphatic rings. The van der Waals surface area contributed by atoms with E-state index in [9.17, 15) is 4.79 Å². The molecule has 1 aromatic carbocycles. The zero-order valence-electron chi connectivity index (χ0n) is 12.8. The fraction of sp³-hybridized carbons (Fsp3) is 0.389. The van der Waals surface area contributed by atoms with Gasteiger partial charge in [-0.3, -0.25) is 4.79 Å². The first-order valence-electron chi connectivity index (χ1n) is 7.71. The number of hydrogen-bond acceptors (Lipinski definition) is 3. The van der Waals surface area contributed by atoms with E-state index in [1.165, 1.54) is 30.4 Å². The van der Waals surface area contributed by atoms with Crippen molar-refractivity contribution < 1.29 is 9.53 Å². The van der Waals surface area contributed by atoms with Crippen LogP contribution in [0.4, 0.5) is 0 Å². The molecule has 2 aromatic rings. The Bertz CT molecular complexity index is 637. The molecule has 1 heterocycles. The molecule has 0 saturated heterocycles. The van der Waals surface area contributed by atoms with Gasteiger partial charge in [0, 0.05) is 12.0 Å². The zero-order chi connectivity index (χ0) is 15.4. The summed E-state index contributed by atoms with van der Waals surface area (Å²) in [4.78, 5) is 13.1. The maximum absolute atomic E-state index is 12.0. The molecule has 1 aliphatic carbocycles. The quantitative estimate of drug-likeness (QED) is 0.917. The lowest BCUT2D eigenvalue weighted by molar-refractivity contribution is -0.125. The van der Waals surface area contributed by atoms with Gasteiger partial charge in [-0.05, 0) is 53.8 Å². The first-order chi connectivity index (χ1) is 10.8. The lowest BCUT2D eigenvalue weighted by Gasteiger charge is -2.22. The molecule has 3 nitrogen and oxygen atoms in total. The molecular formula is C18H21NO2S. The minimum Gasteiger partial charge on any atom is -0.375 e. The average molecular weight is 315 g/mol. The normalized spacial score (nSPS) is 15.1. The number of thiophene rings is 1. The smallest absolute Gasteiger partial charge is 0.246 e. The Kier molecular flexibility index (Phi) is 4.90. The van der Waals surface area contributed by atoms with Crippen LogP contribution < -0.4 is 5.32 Å². The van der Waals surface area contributed by atoms with E-state index in [2.05, 4.69) is 29.6 Å². The zero-order valence-corrected chi connectivity index (χ0v) is 13.6. The monoisotopic (exact) mass is 315 g/mol. The second-order valence-electron chi connectivity index (χ2n) is 5.68. The highest BCUT2D eigenvalue weighted by Crippen LogP contribution is 2.30. The van der Waals surface area contributed by atoms with Crippen molar-refractivity contribution in [2.45, 2.75) is 31.7 Å². The van der Waals surface area contributed by atoms with Gasteiger partial charge in [-0.25, -0.2) is 0 Å². The fourth-order valence-electron chi connectivity index (χ4n) is 3.04. The van der Waals surface area contributed by atoms with Crippen LogP contribution in [0.2, 0.25) is 0 Å². The number of amides is 1. The number of fused-ring (bicyclic) bond motifs is 1. The first kappa shape index (κ1) is 15.3. The minimum atomic E-state index is -0.0881. The van der Waals surface area contributed by atoms with Gasteiger partial charge in [0.2, 0.25) is 5.91 Å². The van der Waals surface area contributed by atoms with Gasteiger partial charge in [0.15, 0.2) is 0 Å². The first-order valence-corrected chi connectivity index (χ1v) is 8.59. The number of benzene rings is 1. The Morgan fingerprint density at radius 1 is 1.27 bits per heavy atom. The minimum absolute atomic E-state index is 0.0846. The van der Waals surface area contributed by atoms with Gasteiger partial charge >= 0.3 is 0 Å². The van der Waals surface area contributed by atoms with Crippen molar-refractivity contribution in [1.29, 1.82) is 0 Å². The van der Waals surface area contributed by atoms with Crippen molar-refractivity contribution >= 4 is 17.2 Å². The van der Waals surface area contributed by atoms with Crippen molar-refractivity contribution in [3.8, 4) is 0 Å². The summed E-state index contributed by atoms with van der Waals surface area (Å²) >= 11 is 1.67. The summed E-state index contributed by atoms with van der Waals surface area (Å²) in [5.41, 5.74) is 4.06. The van der Waals surface area contributed by atoms with Crippen LogP contribution in [0.25, 0.3) is 0 Å². The Morgan fingerprint density at radius 3 is 2.82 bits per heavy atom. The molecule has 1 atom stereocenters. The number of methoxy groups -OCH3 is 1. The van der Waals surface area contributed by atoms with Crippen molar-refractivity contribution in [2.24, 2.45) is 0 Å². The molecule has 116 valence electrons. The SMILES string of the molecule is COCC(=O)NC(c1ccc2c(c1)CCCC2)c1cccs1. The van der Waals surface area contributed by atoms with Gasteiger partial charge in [0.05, 0.1) is 6.04 Å². The van der Waals surface area contributed by atoms with Crippen LogP contribution in [0.3, 0.4) is 0 Å². The molecule has 4 heteroatoms. The number of nitrogens with one attached hydrogen (secondary N) is 1. The third-order valence-electron chi connectivity index (χ3n) is 4.11. The molecule has 1 aromatic heterocycles. The Labute approximate surface area is 135 Å². The van der Waals surface area contributed by atoms with Crippen LogP contribution in [-0.2, 0) is 22.4 Å². The van der Waals surface area contributed by atoms with Gasteiger partial charge in [-0.15, -0.1) is 11.3 Å². The Hall–Kier alpha value is -1.65. The van der Waals surface area contributed by atoms with Crippen LogP contribution in [0.5, 0.6) is 0 Å². The Balaban J connectivity index is 1.90. The number of carbonyl (C=O) groups is 1. The van der Waals surface area contributed by atoms with Gasteiger partial charge in [-0.2, -0.15) is 0 Å². The summed E-state index contributed by atoms with van der Waals surface area (Å²) in [6.45, 7) is 0.0901. The molecule has 1 N–H and O–H groups in total. The van der Waals surface area contributed by atoms with E-state index < -0.39 is 0 Å². The van der Waals surface area contributed by atoms with Crippen LogP contribution in [0, 0.1) is 0 Å². The number of hydrogen-bond donors (Lipinski definition) is 1. The second-order valence-corrected chi connectivity index (χ2v) is 6.66. The predicted octanol–water partition coefficient (Wildman–Crippen LogP) is 3.48. The van der Waals surface area contributed by atoms with E-state index in [4.69, 9.17) is 4.74 Å². The average Bonchev–Trinajstić information content (AvgIpc) is 3.06. The molecule has 0 aliphatic heterocycles. The van der Waals surface area contributed by atoms with E-state index in [1.54, 1.807) is 18.4 Å². The van der Waals surface area contributed by atoms with Gasteiger partial charge in [-0.1, -0.05) is 24.3 Å². The molecule has 3 rings (SSSR count). The molecule has 1 amide bonds. The van der Waals surface area contributed by atoms with Crippen LogP contribution in [0.15, 0.2) is 35.7 Å². The molecular weight excluding hydrogens is 294 g/mol. The van der Waals surface area contributed by atoms with Gasteiger partial charge in [0.25, 0.3) is 0 Å². The van der Waals surface area contributed by atoms with Crippen LogP contribution >= 0.6 is 11.3 Å². The molecule has 0 bridgehead atoms. The van der Waals surface area contributed by atoms with Gasteiger partial charge in [0.1, 0.15) is 6.61 Å². The highest BCUT2D eigenvalue weighted by atomic mass is 32.1. The number of rotatable bonds is 5. The number of ether oxygens (including phenoxy) is 1. The lowest BCUT2D eigenvalue weighted by atomic mass is 9.89. The summed E-state index contributed by atoms with van der Waals surface area (Å²) in [6, 6.07) is 10.7. The maximum Gasteiger partial charge on any atom is 0.246 e. The van der Waals surface area contributed by atoms with Crippen LogP contribution in [0.1, 0.15) is 40.5 Å². The molecule has 0 radical (unpaired) electrons. The van der Waals surface area contributed by atoms with Crippen molar-refractivity contribution in [1.82, 2.24) is 5.32 Å². The van der Waals surface area contributed by atoms with Crippen molar-refractivity contribution in [3.05, 3.63) is 57.3 Å². The highest BCUT2D eigenvalue weighted by Gasteiger charge is 2.19. The third-order valence-corrected chi connectivity index (χ3v) is 5.05. The number of aryl methyl sites for hydroxylation is 2. The largest absolute Gasteiger partial charge is 0.375 e. The maximum atomic E-state index is 12.0. The van der Waals surface area contributed by atoms with E-state index in [-0.39, 0.29) is 18.6 Å². The van der Waals surface area contributed by atoms with E-state index in [1.807, 2.05) is 11.4 Å². The topological polar surface area (TPSA) is 38.3 Å². The van der Waals surface area contributed by atoms with Crippen molar-refractivity contribution in [2.75, 3.05) is 13.7 Å². The standard InChI is InChI=1S/C18H21NO2S/c1-21-12-17(20)19-18(16-7-4-10-22-16)15-9-8-13-5-2-3-6-14(13)11-15/h4,7-11,18H,2-3,5-6,12H2,1H3,(H,19,20). The summed E-state index contributed by atoms with van der Waals surface area (Å²) in [7, 11) is 1.54. The molecule has 0 spiro atoms. The van der Waals surface area contributed by atoms with Crippen LogP contribution in [-0.4, -0.2) is 19.6 Å². The molecule has 0 saturated carbocycles. The van der Waals surface area contributed by atoms with Gasteiger partial charge < -0.3 is 10.1 Å². The van der Waals surface area contributed by atoms with Crippen molar-refractivity contribution in [3.63, 3.8) is 0 Å². The second kappa shape index (κ2) is 7.07. The fourth-order valence-corrected chi connectivity index (χ4v) is 3.84. The lowest BCUT2D eigenvalue weighted by Crippen LogP contribution is -2.31. The summed E-state index contributed by atoms with van der Waals surface area (Å²) in [5.74, 6) is -0.0846. The molecule has 22 heavy (non-hydrogen) atoms. The summed E-state index contributed by atoms with van der Waals surface area (Å²) in [6.07, 6.45) is 4.86. The summed E-state index contributed by atoms with van der Waals surface area (Å²) < 4.78 is 4.94. The predicted molar refractivity (Wildman–Crippen MR) is 89.3 cm³/mol. The number of carbonyl (C=O) groups excluding carboxylic acids is 1. The van der Waals surface area contributed by atoms with E-state index in [0.717, 1.165) is 16.9 Å².